The van der Waals surface area contributed by atoms with Crippen molar-refractivity contribution < 1.29 is 19.1 Å². The largest absolute Gasteiger partial charge is 0.449 e. The van der Waals surface area contributed by atoms with Crippen molar-refractivity contribution in [3.8, 4) is 11.1 Å². The average Bonchev–Trinajstić information content (AvgIpc) is 3.20. The topological polar surface area (TPSA) is 96.5 Å². The zero-order valence-corrected chi connectivity index (χ0v) is 21.7. The summed E-state index contributed by atoms with van der Waals surface area (Å²) < 4.78 is 5.59. The molecule has 0 saturated carbocycles. The average molecular weight is 520 g/mol. The zero-order chi connectivity index (χ0) is 26.5. The lowest BCUT2D eigenvalue weighted by Crippen LogP contribution is -2.53. The summed E-state index contributed by atoms with van der Waals surface area (Å²) in [6.45, 7) is 5.35. The van der Waals surface area contributed by atoms with Crippen molar-refractivity contribution in [2.24, 2.45) is 5.92 Å². The first-order valence-electron chi connectivity index (χ1n) is 12.2. The van der Waals surface area contributed by atoms with Gasteiger partial charge in [0.1, 0.15) is 18.7 Å². The fraction of sp³-hybridized carbons (Fsp3) is 0.276. The Kier molecular flexibility index (Phi) is 8.14. The van der Waals surface area contributed by atoms with E-state index in [0.717, 1.165) is 22.3 Å². The van der Waals surface area contributed by atoms with Crippen LogP contribution in [-0.4, -0.2) is 36.6 Å². The molecule has 3 aromatic rings. The second-order valence-corrected chi connectivity index (χ2v) is 9.85. The molecule has 2 atom stereocenters. The van der Waals surface area contributed by atoms with Crippen LogP contribution in [0.5, 0.6) is 0 Å². The number of carbonyl (C=O) groups is 3. The molecular weight excluding hydrogens is 490 g/mol. The molecule has 192 valence electrons. The SMILES string of the molecule is CC(C)[C@H](NC(=O)OCC1c2ccccc2-c2ccccc21)C(=O)N[C@@H](C)C(=O)Nc1ccc(Cl)cc1. The van der Waals surface area contributed by atoms with Gasteiger partial charge in [-0.1, -0.05) is 74.0 Å². The van der Waals surface area contributed by atoms with Gasteiger partial charge in [-0.25, -0.2) is 4.79 Å². The summed E-state index contributed by atoms with van der Waals surface area (Å²) in [6, 6.07) is 21.1. The summed E-state index contributed by atoms with van der Waals surface area (Å²) >= 11 is 5.88. The van der Waals surface area contributed by atoms with Crippen LogP contribution in [0.4, 0.5) is 10.5 Å². The molecule has 1 aliphatic rings. The Morgan fingerprint density at radius 2 is 1.38 bits per heavy atom. The number of carbonyl (C=O) groups excluding carboxylic acids is 3. The van der Waals surface area contributed by atoms with E-state index in [4.69, 9.17) is 16.3 Å². The summed E-state index contributed by atoms with van der Waals surface area (Å²) in [5, 5.41) is 8.62. The number of ether oxygens (including phenoxy) is 1. The van der Waals surface area contributed by atoms with Crippen molar-refractivity contribution >= 4 is 35.2 Å². The van der Waals surface area contributed by atoms with E-state index in [1.165, 1.54) is 0 Å². The van der Waals surface area contributed by atoms with E-state index in [1.54, 1.807) is 31.2 Å². The van der Waals surface area contributed by atoms with Gasteiger partial charge in [0.05, 0.1) is 0 Å². The number of halogens is 1. The molecule has 7 nitrogen and oxygen atoms in total. The first-order valence-corrected chi connectivity index (χ1v) is 12.6. The van der Waals surface area contributed by atoms with E-state index >= 15 is 0 Å². The second-order valence-electron chi connectivity index (χ2n) is 9.42. The fourth-order valence-corrected chi connectivity index (χ4v) is 4.58. The molecule has 0 saturated heterocycles. The monoisotopic (exact) mass is 519 g/mol. The molecule has 0 aromatic heterocycles. The molecule has 3 N–H and O–H groups in total. The number of benzene rings is 3. The van der Waals surface area contributed by atoms with Gasteiger partial charge in [0.2, 0.25) is 11.8 Å². The molecule has 0 unspecified atom stereocenters. The van der Waals surface area contributed by atoms with Crippen molar-refractivity contribution in [2.45, 2.75) is 38.8 Å². The second kappa shape index (κ2) is 11.5. The highest BCUT2D eigenvalue weighted by atomic mass is 35.5. The lowest BCUT2D eigenvalue weighted by atomic mass is 9.98. The van der Waals surface area contributed by atoms with Gasteiger partial charge in [-0.3, -0.25) is 9.59 Å². The van der Waals surface area contributed by atoms with E-state index in [2.05, 4.69) is 28.1 Å². The van der Waals surface area contributed by atoms with E-state index in [-0.39, 0.29) is 24.3 Å². The molecule has 37 heavy (non-hydrogen) atoms. The zero-order valence-electron chi connectivity index (χ0n) is 21.0. The molecule has 1 aliphatic carbocycles. The number of rotatable bonds is 8. The third kappa shape index (κ3) is 6.12. The van der Waals surface area contributed by atoms with Crippen LogP contribution in [0, 0.1) is 5.92 Å². The van der Waals surface area contributed by atoms with E-state index in [9.17, 15) is 14.4 Å². The van der Waals surface area contributed by atoms with Gasteiger partial charge in [-0.2, -0.15) is 0 Å². The first-order chi connectivity index (χ1) is 17.7. The molecule has 0 spiro atoms. The number of fused-ring (bicyclic) bond motifs is 3. The molecule has 0 bridgehead atoms. The Balaban J connectivity index is 1.34. The molecule has 0 aliphatic heterocycles. The number of hydrogen-bond donors (Lipinski definition) is 3. The van der Waals surface area contributed by atoms with E-state index in [0.29, 0.717) is 10.7 Å². The van der Waals surface area contributed by atoms with Crippen LogP contribution in [0.15, 0.2) is 72.8 Å². The number of nitrogens with one attached hydrogen (secondary N) is 3. The van der Waals surface area contributed by atoms with E-state index < -0.39 is 24.1 Å². The first kappa shape index (κ1) is 26.2. The van der Waals surface area contributed by atoms with E-state index in [1.807, 2.05) is 50.2 Å². The quantitative estimate of drug-likeness (QED) is 0.374. The van der Waals surface area contributed by atoms with Crippen LogP contribution >= 0.6 is 11.6 Å². The summed E-state index contributed by atoms with van der Waals surface area (Å²) in [5.41, 5.74) is 5.05. The number of alkyl carbamates (subject to hydrolysis) is 1. The highest BCUT2D eigenvalue weighted by molar-refractivity contribution is 6.30. The number of amides is 3. The summed E-state index contributed by atoms with van der Waals surface area (Å²) in [5.74, 6) is -1.17. The Bertz CT molecular complexity index is 1250. The van der Waals surface area contributed by atoms with Crippen LogP contribution in [0.2, 0.25) is 5.02 Å². The van der Waals surface area contributed by atoms with Gasteiger partial charge in [0, 0.05) is 16.6 Å². The maximum Gasteiger partial charge on any atom is 0.407 e. The third-order valence-corrected chi connectivity index (χ3v) is 6.68. The highest BCUT2D eigenvalue weighted by Gasteiger charge is 2.31. The van der Waals surface area contributed by atoms with Gasteiger partial charge in [-0.15, -0.1) is 0 Å². The van der Waals surface area contributed by atoms with Crippen molar-refractivity contribution in [1.29, 1.82) is 0 Å². The minimum atomic E-state index is -0.874. The minimum absolute atomic E-state index is 0.0823. The van der Waals surface area contributed by atoms with Crippen molar-refractivity contribution in [1.82, 2.24) is 10.6 Å². The van der Waals surface area contributed by atoms with Gasteiger partial charge in [0.25, 0.3) is 0 Å². The maximum atomic E-state index is 12.9. The Morgan fingerprint density at radius 3 is 1.95 bits per heavy atom. The van der Waals surface area contributed by atoms with Crippen LogP contribution in [-0.2, 0) is 14.3 Å². The molecule has 3 aromatic carbocycles. The lowest BCUT2D eigenvalue weighted by Gasteiger charge is -2.24. The van der Waals surface area contributed by atoms with Gasteiger partial charge in [0.15, 0.2) is 0 Å². The maximum absolute atomic E-state index is 12.9. The Hall–Kier alpha value is -3.84. The van der Waals surface area contributed by atoms with Crippen LogP contribution < -0.4 is 16.0 Å². The van der Waals surface area contributed by atoms with Crippen LogP contribution in [0.3, 0.4) is 0 Å². The smallest absolute Gasteiger partial charge is 0.407 e. The fourth-order valence-electron chi connectivity index (χ4n) is 4.45. The molecule has 0 heterocycles. The van der Waals surface area contributed by atoms with Crippen molar-refractivity contribution in [3.63, 3.8) is 0 Å². The van der Waals surface area contributed by atoms with Crippen molar-refractivity contribution in [2.75, 3.05) is 11.9 Å². The number of hydrogen-bond acceptors (Lipinski definition) is 4. The lowest BCUT2D eigenvalue weighted by molar-refractivity contribution is -0.128. The Labute approximate surface area is 221 Å². The highest BCUT2D eigenvalue weighted by Crippen LogP contribution is 2.44. The summed E-state index contributed by atoms with van der Waals surface area (Å²) in [7, 11) is 0. The predicted molar refractivity (Wildman–Crippen MR) is 145 cm³/mol. The van der Waals surface area contributed by atoms with Gasteiger partial charge >= 0.3 is 6.09 Å². The minimum Gasteiger partial charge on any atom is -0.449 e. The normalized spacial score (nSPS) is 13.8. The predicted octanol–water partition coefficient (Wildman–Crippen LogP) is 5.35. The van der Waals surface area contributed by atoms with Gasteiger partial charge in [-0.05, 0) is 59.4 Å². The summed E-state index contributed by atoms with van der Waals surface area (Å²) in [4.78, 5) is 38.2. The third-order valence-electron chi connectivity index (χ3n) is 6.43. The van der Waals surface area contributed by atoms with Crippen molar-refractivity contribution in [3.05, 3.63) is 88.9 Å². The standard InChI is InChI=1S/C29H30ClN3O4/c1-17(2)26(28(35)31-18(3)27(34)32-20-14-12-19(30)13-15-20)33-29(36)37-16-25-23-10-6-4-8-21(23)22-9-5-7-11-24(22)25/h4-15,17-18,25-26H,16H2,1-3H3,(H,31,35)(H,32,34)(H,33,36)/t18-,26-/m0/s1. The van der Waals surface area contributed by atoms with Gasteiger partial charge < -0.3 is 20.7 Å². The number of anilines is 1. The van der Waals surface area contributed by atoms with Crippen LogP contribution in [0.25, 0.3) is 11.1 Å². The Morgan fingerprint density at radius 1 is 0.811 bits per heavy atom. The molecular formula is C29H30ClN3O4. The molecule has 0 fully saturated rings. The molecule has 4 rings (SSSR count). The summed E-state index contributed by atoms with van der Waals surface area (Å²) in [6.07, 6.45) is -0.686. The van der Waals surface area contributed by atoms with Crippen LogP contribution in [0.1, 0.15) is 37.8 Å². The molecule has 3 amide bonds. The molecule has 0 radical (unpaired) electrons. The molecule has 8 heteroatoms.